The Labute approximate surface area is 125 Å². The van der Waals surface area contributed by atoms with Crippen molar-refractivity contribution in [3.8, 4) is 0 Å². The molecule has 1 fully saturated rings. The molecule has 0 saturated carbocycles. The van der Waals surface area contributed by atoms with Crippen LogP contribution >= 0.6 is 23.7 Å². The van der Waals surface area contributed by atoms with E-state index < -0.39 is 10.0 Å². The molecule has 110 valence electrons. The Kier molecular flexibility index (Phi) is 6.26. The molecular formula is C12H21ClN2O2S2. The average Bonchev–Trinajstić information content (AvgIpc) is 2.96. The maximum Gasteiger partial charge on any atom is 0.252 e. The van der Waals surface area contributed by atoms with Crippen molar-refractivity contribution in [3.05, 3.63) is 17.0 Å². The highest BCUT2D eigenvalue weighted by molar-refractivity contribution is 7.91. The van der Waals surface area contributed by atoms with Crippen LogP contribution in [-0.2, 0) is 10.0 Å². The Balaban J connectivity index is 0.00000180. The quantitative estimate of drug-likeness (QED) is 0.903. The summed E-state index contributed by atoms with van der Waals surface area (Å²) in [5, 5.41) is 3.24. The van der Waals surface area contributed by atoms with Gasteiger partial charge in [-0.15, -0.1) is 23.7 Å². The lowest BCUT2D eigenvalue weighted by atomic mass is 10.2. The molecule has 19 heavy (non-hydrogen) atoms. The van der Waals surface area contributed by atoms with E-state index in [9.17, 15) is 8.42 Å². The Bertz CT molecular complexity index is 496. The predicted octanol–water partition coefficient (Wildman–Crippen LogP) is 2.24. The van der Waals surface area contributed by atoms with E-state index in [1.54, 1.807) is 10.4 Å². The third-order valence-corrected chi connectivity index (χ3v) is 6.58. The Morgan fingerprint density at radius 3 is 2.68 bits per heavy atom. The second-order valence-corrected chi connectivity index (χ2v) is 8.03. The normalized spacial score (nSPS) is 19.6. The highest BCUT2D eigenvalue weighted by Crippen LogP contribution is 2.27. The first-order valence-corrected chi connectivity index (χ1v) is 8.60. The third kappa shape index (κ3) is 3.70. The molecule has 1 aliphatic rings. The lowest BCUT2D eigenvalue weighted by Crippen LogP contribution is -2.41. The van der Waals surface area contributed by atoms with Gasteiger partial charge >= 0.3 is 0 Å². The molecule has 1 atom stereocenters. The molecule has 0 amide bonds. The lowest BCUT2D eigenvalue weighted by Gasteiger charge is -2.26. The van der Waals surface area contributed by atoms with Crippen molar-refractivity contribution in [2.75, 3.05) is 19.6 Å². The zero-order valence-corrected chi connectivity index (χ0v) is 13.7. The van der Waals surface area contributed by atoms with Gasteiger partial charge in [-0.3, -0.25) is 0 Å². The molecule has 1 aliphatic heterocycles. The van der Waals surface area contributed by atoms with E-state index in [4.69, 9.17) is 0 Å². The molecular weight excluding hydrogens is 304 g/mol. The molecule has 1 N–H and O–H groups in total. The van der Waals surface area contributed by atoms with E-state index in [1.165, 1.54) is 11.3 Å². The highest BCUT2D eigenvalue weighted by Gasteiger charge is 2.33. The average molecular weight is 325 g/mol. The number of sulfonamides is 1. The third-order valence-electron chi connectivity index (χ3n) is 3.16. The summed E-state index contributed by atoms with van der Waals surface area (Å²) in [7, 11) is -3.31. The zero-order valence-electron chi connectivity index (χ0n) is 11.3. The molecule has 1 saturated heterocycles. The molecule has 2 rings (SSSR count). The Morgan fingerprint density at radius 1 is 1.47 bits per heavy atom. The number of halogens is 1. The number of nitrogens with zero attached hydrogens (tertiary/aromatic N) is 1. The number of hydrogen-bond donors (Lipinski definition) is 1. The van der Waals surface area contributed by atoms with Gasteiger partial charge in [0.1, 0.15) is 4.21 Å². The molecule has 7 heteroatoms. The van der Waals surface area contributed by atoms with Crippen LogP contribution in [0.2, 0.25) is 0 Å². The van der Waals surface area contributed by atoms with Crippen LogP contribution in [0.25, 0.3) is 0 Å². The second-order valence-electron chi connectivity index (χ2n) is 4.63. The molecule has 0 radical (unpaired) electrons. The van der Waals surface area contributed by atoms with Crippen LogP contribution in [0.3, 0.4) is 0 Å². The Hall–Kier alpha value is -0.140. The highest BCUT2D eigenvalue weighted by atomic mass is 35.5. The van der Waals surface area contributed by atoms with Gasteiger partial charge in [0.25, 0.3) is 10.0 Å². The van der Waals surface area contributed by atoms with Crippen LogP contribution in [-0.4, -0.2) is 38.4 Å². The summed E-state index contributed by atoms with van der Waals surface area (Å²) in [5.74, 6) is 0. The molecule has 0 bridgehead atoms. The van der Waals surface area contributed by atoms with E-state index in [0.717, 1.165) is 30.8 Å². The summed E-state index contributed by atoms with van der Waals surface area (Å²) in [5.41, 5.74) is 0. The molecule has 2 heterocycles. The molecule has 1 aromatic rings. The summed E-state index contributed by atoms with van der Waals surface area (Å²) in [6.07, 6.45) is 1.75. The van der Waals surface area contributed by atoms with Crippen LogP contribution in [0.1, 0.15) is 24.6 Å². The molecule has 0 aromatic carbocycles. The first-order chi connectivity index (χ1) is 8.55. The maximum absolute atomic E-state index is 12.6. The molecule has 0 aliphatic carbocycles. The first-order valence-electron chi connectivity index (χ1n) is 6.34. The lowest BCUT2D eigenvalue weighted by molar-refractivity contribution is 0.336. The van der Waals surface area contributed by atoms with Crippen molar-refractivity contribution < 1.29 is 8.42 Å². The van der Waals surface area contributed by atoms with E-state index in [-0.39, 0.29) is 18.4 Å². The molecule has 1 unspecified atom stereocenters. The summed E-state index contributed by atoms with van der Waals surface area (Å²) in [6, 6.07) is 3.70. The second kappa shape index (κ2) is 7.04. The van der Waals surface area contributed by atoms with Gasteiger partial charge in [-0.25, -0.2) is 8.42 Å². The molecule has 0 spiro atoms. The van der Waals surface area contributed by atoms with Crippen molar-refractivity contribution >= 4 is 33.8 Å². The van der Waals surface area contributed by atoms with Gasteiger partial charge in [0, 0.05) is 24.0 Å². The van der Waals surface area contributed by atoms with Gasteiger partial charge in [-0.05, 0) is 38.4 Å². The van der Waals surface area contributed by atoms with Gasteiger partial charge in [0.05, 0.1) is 0 Å². The van der Waals surface area contributed by atoms with Crippen LogP contribution in [0.4, 0.5) is 0 Å². The zero-order chi connectivity index (χ0) is 13.2. The maximum atomic E-state index is 12.6. The number of rotatable bonds is 5. The van der Waals surface area contributed by atoms with Gasteiger partial charge in [0.15, 0.2) is 0 Å². The van der Waals surface area contributed by atoms with Crippen LogP contribution in [0.5, 0.6) is 0 Å². The fraction of sp³-hybridized carbons (Fsp3) is 0.667. The fourth-order valence-corrected chi connectivity index (χ4v) is 5.43. The van der Waals surface area contributed by atoms with Gasteiger partial charge < -0.3 is 5.32 Å². The van der Waals surface area contributed by atoms with Gasteiger partial charge in [0.2, 0.25) is 0 Å². The van der Waals surface area contributed by atoms with Crippen molar-refractivity contribution in [2.45, 2.75) is 36.9 Å². The minimum Gasteiger partial charge on any atom is -0.315 e. The number of nitrogens with one attached hydrogen (secondary N) is 1. The van der Waals surface area contributed by atoms with Crippen LogP contribution in [0, 0.1) is 6.92 Å². The van der Waals surface area contributed by atoms with Crippen LogP contribution in [0.15, 0.2) is 16.3 Å². The van der Waals surface area contributed by atoms with Crippen LogP contribution < -0.4 is 5.32 Å². The van der Waals surface area contributed by atoms with Crippen molar-refractivity contribution in [1.82, 2.24) is 9.62 Å². The summed E-state index contributed by atoms with van der Waals surface area (Å²) in [6.45, 7) is 6.23. The number of thiophene rings is 1. The minimum atomic E-state index is -3.31. The van der Waals surface area contributed by atoms with E-state index >= 15 is 0 Å². The summed E-state index contributed by atoms with van der Waals surface area (Å²) >= 11 is 1.36. The topological polar surface area (TPSA) is 49.4 Å². The fourth-order valence-electron chi connectivity index (χ4n) is 2.27. The summed E-state index contributed by atoms with van der Waals surface area (Å²) in [4.78, 5) is 1.04. The van der Waals surface area contributed by atoms with E-state index in [0.29, 0.717) is 10.8 Å². The van der Waals surface area contributed by atoms with Gasteiger partial charge in [-0.1, -0.05) is 6.92 Å². The standard InChI is InChI=1S/C12H20N2O2S2.ClH/c1-3-8-14(11-6-7-13-9-11)18(15,16)12-5-4-10(2)17-12;/h4-5,11,13H,3,6-9H2,1-2H3;1H. The Morgan fingerprint density at radius 2 is 2.21 bits per heavy atom. The summed E-state index contributed by atoms with van der Waals surface area (Å²) < 4.78 is 27.4. The number of hydrogen-bond acceptors (Lipinski definition) is 4. The first kappa shape index (κ1) is 16.9. The van der Waals surface area contributed by atoms with Gasteiger partial charge in [-0.2, -0.15) is 4.31 Å². The molecule has 1 aromatic heterocycles. The van der Waals surface area contributed by atoms with E-state index in [2.05, 4.69) is 5.32 Å². The SMILES string of the molecule is CCCN(C1CCNC1)S(=O)(=O)c1ccc(C)s1.Cl. The number of aryl methyl sites for hydroxylation is 1. The monoisotopic (exact) mass is 324 g/mol. The molecule has 4 nitrogen and oxygen atoms in total. The largest absolute Gasteiger partial charge is 0.315 e. The van der Waals surface area contributed by atoms with Crippen molar-refractivity contribution in [2.24, 2.45) is 0 Å². The smallest absolute Gasteiger partial charge is 0.252 e. The predicted molar refractivity (Wildman–Crippen MR) is 81.8 cm³/mol. The minimum absolute atomic E-state index is 0. The van der Waals surface area contributed by atoms with Crippen molar-refractivity contribution in [1.29, 1.82) is 0 Å². The van der Waals surface area contributed by atoms with Crippen molar-refractivity contribution in [3.63, 3.8) is 0 Å². The van der Waals surface area contributed by atoms with E-state index in [1.807, 2.05) is 19.9 Å².